The molecule has 2 nitrogen and oxygen atoms in total. The standard InChI is InChI=1S/C30H60O2/c1-3-5-7-9-11-12-13-14-15-16-17-18-19-21-23-25-27-29(28-30(31)32)26-24-22-20-10-8-6-4-2/h29H,3-28H2,1-2H3,(H,31,32)/t29-/m0/s1. The zero-order valence-electron chi connectivity index (χ0n) is 22.3. The molecule has 0 bridgehead atoms. The van der Waals surface area contributed by atoms with Gasteiger partial charge in [0.15, 0.2) is 0 Å². The summed E-state index contributed by atoms with van der Waals surface area (Å²) in [6, 6.07) is 0. The summed E-state index contributed by atoms with van der Waals surface area (Å²) < 4.78 is 0. The first-order valence-electron chi connectivity index (χ1n) is 14.9. The Balaban J connectivity index is 3.45. The number of hydrogen-bond acceptors (Lipinski definition) is 1. The summed E-state index contributed by atoms with van der Waals surface area (Å²) in [5, 5.41) is 9.22. The minimum atomic E-state index is -0.602. The molecule has 0 aromatic rings. The van der Waals surface area contributed by atoms with Gasteiger partial charge in [-0.2, -0.15) is 0 Å². The van der Waals surface area contributed by atoms with Crippen molar-refractivity contribution >= 4 is 5.97 Å². The van der Waals surface area contributed by atoms with Crippen molar-refractivity contribution in [3.05, 3.63) is 0 Å². The second kappa shape index (κ2) is 26.7. The van der Waals surface area contributed by atoms with Crippen molar-refractivity contribution in [2.24, 2.45) is 5.92 Å². The molecule has 0 heterocycles. The Kier molecular flexibility index (Phi) is 26.3. The van der Waals surface area contributed by atoms with Gasteiger partial charge in [-0.15, -0.1) is 0 Å². The van der Waals surface area contributed by atoms with E-state index in [1.807, 2.05) is 0 Å². The average molecular weight is 453 g/mol. The largest absolute Gasteiger partial charge is 0.481 e. The summed E-state index contributed by atoms with van der Waals surface area (Å²) in [6.07, 6.45) is 34.2. The second-order valence-corrected chi connectivity index (χ2v) is 10.5. The summed E-state index contributed by atoms with van der Waals surface area (Å²) >= 11 is 0. The normalized spacial score (nSPS) is 12.3. The van der Waals surface area contributed by atoms with Crippen molar-refractivity contribution in [1.29, 1.82) is 0 Å². The van der Waals surface area contributed by atoms with Gasteiger partial charge in [-0.25, -0.2) is 0 Å². The van der Waals surface area contributed by atoms with Crippen molar-refractivity contribution in [3.63, 3.8) is 0 Å². The highest BCUT2D eigenvalue weighted by molar-refractivity contribution is 5.66. The lowest BCUT2D eigenvalue weighted by Gasteiger charge is -2.14. The Labute approximate surface area is 202 Å². The molecule has 0 radical (unpaired) electrons. The minimum Gasteiger partial charge on any atom is -0.481 e. The molecule has 0 aliphatic carbocycles. The van der Waals surface area contributed by atoms with E-state index >= 15 is 0 Å². The van der Waals surface area contributed by atoms with Gasteiger partial charge in [0.05, 0.1) is 0 Å². The number of carboxylic acid groups (broad SMARTS) is 1. The average Bonchev–Trinajstić information content (AvgIpc) is 2.77. The fourth-order valence-electron chi connectivity index (χ4n) is 4.97. The number of carboxylic acids is 1. The number of hydrogen-bond donors (Lipinski definition) is 1. The van der Waals surface area contributed by atoms with E-state index in [0.29, 0.717) is 12.3 Å². The van der Waals surface area contributed by atoms with E-state index in [9.17, 15) is 9.90 Å². The molecule has 32 heavy (non-hydrogen) atoms. The van der Waals surface area contributed by atoms with E-state index < -0.39 is 5.97 Å². The molecule has 1 N–H and O–H groups in total. The summed E-state index contributed by atoms with van der Waals surface area (Å²) in [5.74, 6) is -0.191. The van der Waals surface area contributed by atoms with E-state index in [-0.39, 0.29) is 0 Å². The molecular weight excluding hydrogens is 392 g/mol. The van der Waals surface area contributed by atoms with Gasteiger partial charge < -0.3 is 5.11 Å². The quantitative estimate of drug-likeness (QED) is 0.126. The van der Waals surface area contributed by atoms with Crippen LogP contribution in [0.25, 0.3) is 0 Å². The summed E-state index contributed by atoms with van der Waals surface area (Å²) in [5.41, 5.74) is 0. The molecule has 1 atom stereocenters. The zero-order chi connectivity index (χ0) is 23.5. The lowest BCUT2D eigenvalue weighted by Crippen LogP contribution is -2.08. The highest BCUT2D eigenvalue weighted by Gasteiger charge is 2.12. The molecular formula is C30H60O2. The number of aliphatic carboxylic acids is 1. The van der Waals surface area contributed by atoms with Gasteiger partial charge >= 0.3 is 5.97 Å². The molecule has 0 spiro atoms. The van der Waals surface area contributed by atoms with Crippen LogP contribution in [0.15, 0.2) is 0 Å². The van der Waals surface area contributed by atoms with Crippen LogP contribution in [-0.2, 0) is 4.79 Å². The van der Waals surface area contributed by atoms with Crippen molar-refractivity contribution < 1.29 is 9.90 Å². The molecule has 0 aliphatic heterocycles. The van der Waals surface area contributed by atoms with Gasteiger partial charge in [-0.3, -0.25) is 4.79 Å². The van der Waals surface area contributed by atoms with Crippen molar-refractivity contribution in [3.8, 4) is 0 Å². The number of unbranched alkanes of at least 4 members (excludes halogenated alkanes) is 21. The van der Waals surface area contributed by atoms with E-state index in [4.69, 9.17) is 0 Å². The van der Waals surface area contributed by atoms with Gasteiger partial charge in [0.2, 0.25) is 0 Å². The van der Waals surface area contributed by atoms with Crippen LogP contribution >= 0.6 is 0 Å². The van der Waals surface area contributed by atoms with Crippen LogP contribution in [0.4, 0.5) is 0 Å². The maximum atomic E-state index is 11.2. The van der Waals surface area contributed by atoms with Crippen LogP contribution in [-0.4, -0.2) is 11.1 Å². The summed E-state index contributed by atoms with van der Waals surface area (Å²) in [6.45, 7) is 4.55. The molecule has 0 aromatic carbocycles. The minimum absolute atomic E-state index is 0.384. The Bertz CT molecular complexity index is 366. The lowest BCUT2D eigenvalue weighted by atomic mass is 9.91. The highest BCUT2D eigenvalue weighted by atomic mass is 16.4. The van der Waals surface area contributed by atoms with Crippen LogP contribution in [0.5, 0.6) is 0 Å². The molecule has 0 aliphatic rings. The Morgan fingerprint density at radius 2 is 0.719 bits per heavy atom. The monoisotopic (exact) mass is 452 g/mol. The Hall–Kier alpha value is -0.530. The molecule has 0 fully saturated rings. The van der Waals surface area contributed by atoms with Crippen LogP contribution < -0.4 is 0 Å². The molecule has 0 unspecified atom stereocenters. The van der Waals surface area contributed by atoms with Crippen LogP contribution in [0, 0.1) is 5.92 Å². The van der Waals surface area contributed by atoms with Crippen molar-refractivity contribution in [2.45, 2.75) is 181 Å². The van der Waals surface area contributed by atoms with Gasteiger partial charge in [-0.1, -0.05) is 162 Å². The predicted molar refractivity (Wildman–Crippen MR) is 143 cm³/mol. The maximum Gasteiger partial charge on any atom is 0.303 e. The third-order valence-electron chi connectivity index (χ3n) is 7.15. The van der Waals surface area contributed by atoms with E-state index in [1.165, 1.54) is 148 Å². The van der Waals surface area contributed by atoms with Gasteiger partial charge in [-0.05, 0) is 18.8 Å². The molecule has 0 saturated carbocycles. The lowest BCUT2D eigenvalue weighted by molar-refractivity contribution is -0.138. The van der Waals surface area contributed by atoms with E-state index in [0.717, 1.165) is 12.8 Å². The van der Waals surface area contributed by atoms with Gasteiger partial charge in [0, 0.05) is 6.42 Å². The first-order chi connectivity index (χ1) is 15.7. The first-order valence-corrected chi connectivity index (χ1v) is 14.9. The Morgan fingerprint density at radius 3 is 0.969 bits per heavy atom. The molecule has 2 heteroatoms. The second-order valence-electron chi connectivity index (χ2n) is 10.5. The molecule has 0 amide bonds. The summed E-state index contributed by atoms with van der Waals surface area (Å²) in [7, 11) is 0. The zero-order valence-corrected chi connectivity index (χ0v) is 22.3. The third kappa shape index (κ3) is 25.7. The van der Waals surface area contributed by atoms with Crippen molar-refractivity contribution in [1.82, 2.24) is 0 Å². The molecule has 0 rings (SSSR count). The smallest absolute Gasteiger partial charge is 0.303 e. The summed E-state index contributed by atoms with van der Waals surface area (Å²) in [4.78, 5) is 11.2. The predicted octanol–water partition coefficient (Wildman–Crippen LogP) is 10.9. The SMILES string of the molecule is CCCCCCCCCCCCCCCCCC[C@H](CCCCCCCCC)CC(=O)O. The van der Waals surface area contributed by atoms with Crippen molar-refractivity contribution in [2.75, 3.05) is 0 Å². The van der Waals surface area contributed by atoms with Crippen LogP contribution in [0.3, 0.4) is 0 Å². The Morgan fingerprint density at radius 1 is 0.469 bits per heavy atom. The topological polar surface area (TPSA) is 37.3 Å². The van der Waals surface area contributed by atoms with Gasteiger partial charge in [0.1, 0.15) is 0 Å². The third-order valence-corrected chi connectivity index (χ3v) is 7.15. The number of rotatable bonds is 27. The maximum absolute atomic E-state index is 11.2. The highest BCUT2D eigenvalue weighted by Crippen LogP contribution is 2.22. The molecule has 192 valence electrons. The fourth-order valence-corrected chi connectivity index (χ4v) is 4.97. The van der Waals surface area contributed by atoms with E-state index in [1.54, 1.807) is 0 Å². The number of carbonyl (C=O) groups is 1. The molecule has 0 saturated heterocycles. The molecule has 0 aromatic heterocycles. The van der Waals surface area contributed by atoms with Gasteiger partial charge in [0.25, 0.3) is 0 Å². The van der Waals surface area contributed by atoms with Crippen LogP contribution in [0.1, 0.15) is 181 Å². The fraction of sp³-hybridized carbons (Fsp3) is 0.967. The van der Waals surface area contributed by atoms with Crippen LogP contribution in [0.2, 0.25) is 0 Å². The first kappa shape index (κ1) is 31.5. The van der Waals surface area contributed by atoms with E-state index in [2.05, 4.69) is 13.8 Å².